The first kappa shape index (κ1) is 22.3. The number of anilines is 1. The van der Waals surface area contributed by atoms with Gasteiger partial charge in [0.05, 0.1) is 25.3 Å². The minimum absolute atomic E-state index is 0.144. The van der Waals surface area contributed by atoms with Crippen molar-refractivity contribution in [3.8, 4) is 5.75 Å². The summed E-state index contributed by atoms with van der Waals surface area (Å²) in [6.45, 7) is 2.54. The predicted octanol–water partition coefficient (Wildman–Crippen LogP) is 5.40. The van der Waals surface area contributed by atoms with Gasteiger partial charge in [-0.1, -0.05) is 47.5 Å². The van der Waals surface area contributed by atoms with Gasteiger partial charge in [-0.05, 0) is 55.0 Å². The number of hydrogen-bond donors (Lipinski definition) is 1. The lowest BCUT2D eigenvalue weighted by molar-refractivity contribution is -0.136. The molecule has 3 aromatic rings. The van der Waals surface area contributed by atoms with Gasteiger partial charge in [-0.2, -0.15) is 0 Å². The molecule has 32 heavy (non-hydrogen) atoms. The van der Waals surface area contributed by atoms with E-state index in [1.54, 1.807) is 66.7 Å². The highest BCUT2D eigenvalue weighted by molar-refractivity contribution is 6.35. The van der Waals surface area contributed by atoms with Crippen LogP contribution < -0.4 is 9.64 Å². The Morgan fingerprint density at radius 1 is 1.06 bits per heavy atom. The van der Waals surface area contributed by atoms with Crippen LogP contribution >= 0.6 is 23.2 Å². The molecule has 0 bridgehead atoms. The van der Waals surface area contributed by atoms with Crippen LogP contribution in [0.5, 0.6) is 5.75 Å². The number of aliphatic hydroxyl groups is 1. The molecule has 3 aromatic carbocycles. The van der Waals surface area contributed by atoms with Gasteiger partial charge >= 0.3 is 0 Å². The molecule has 1 atom stereocenters. The molecule has 7 heteroatoms. The number of fused-ring (bicyclic) bond motifs is 1. The van der Waals surface area contributed by atoms with Crippen LogP contribution in [0.25, 0.3) is 0 Å². The molecule has 164 valence electrons. The van der Waals surface area contributed by atoms with Gasteiger partial charge in [0.1, 0.15) is 5.75 Å². The summed E-state index contributed by atoms with van der Waals surface area (Å²) in [5.41, 5.74) is 0.0538. The third-order valence-corrected chi connectivity index (χ3v) is 6.07. The van der Waals surface area contributed by atoms with Gasteiger partial charge in [-0.25, -0.2) is 0 Å². The van der Waals surface area contributed by atoms with Crippen molar-refractivity contribution >= 4 is 40.6 Å². The number of Topliss-reactive ketones (excluding diaryl/α,β-unsaturated/α-hetero) is 1. The number of ketones is 1. The van der Waals surface area contributed by atoms with E-state index in [-0.39, 0.29) is 18.7 Å². The van der Waals surface area contributed by atoms with Crippen LogP contribution in [0.2, 0.25) is 10.0 Å². The summed E-state index contributed by atoms with van der Waals surface area (Å²) in [6, 6.07) is 18.6. The number of amides is 1. The first-order valence-corrected chi connectivity index (χ1v) is 10.9. The van der Waals surface area contributed by atoms with E-state index >= 15 is 0 Å². The summed E-state index contributed by atoms with van der Waals surface area (Å²) in [5.74, 6) is -0.259. The average molecular weight is 470 g/mol. The summed E-state index contributed by atoms with van der Waals surface area (Å²) in [4.78, 5) is 27.8. The zero-order valence-electron chi connectivity index (χ0n) is 17.3. The van der Waals surface area contributed by atoms with Gasteiger partial charge in [-0.15, -0.1) is 0 Å². The van der Waals surface area contributed by atoms with Gasteiger partial charge in [0, 0.05) is 21.2 Å². The molecule has 1 amide bonds. The van der Waals surface area contributed by atoms with Gasteiger partial charge in [-0.3, -0.25) is 9.59 Å². The van der Waals surface area contributed by atoms with Crippen LogP contribution in [0.4, 0.5) is 5.69 Å². The number of hydrogen-bond acceptors (Lipinski definition) is 4. The number of nitrogens with zero attached hydrogens (tertiary/aromatic N) is 1. The van der Waals surface area contributed by atoms with Crippen molar-refractivity contribution in [3.63, 3.8) is 0 Å². The average Bonchev–Trinajstić information content (AvgIpc) is 2.98. The van der Waals surface area contributed by atoms with Crippen molar-refractivity contribution in [2.24, 2.45) is 0 Å². The Morgan fingerprint density at radius 2 is 1.78 bits per heavy atom. The number of para-hydroxylation sites is 1. The molecule has 0 saturated carbocycles. The molecule has 5 nitrogen and oxygen atoms in total. The van der Waals surface area contributed by atoms with Crippen molar-refractivity contribution in [1.29, 1.82) is 0 Å². The van der Waals surface area contributed by atoms with Crippen molar-refractivity contribution < 1.29 is 19.4 Å². The molecule has 0 fully saturated rings. The van der Waals surface area contributed by atoms with Crippen LogP contribution in [0, 0.1) is 0 Å². The Bertz CT molecular complexity index is 1180. The van der Waals surface area contributed by atoms with E-state index in [2.05, 4.69) is 0 Å². The Balaban J connectivity index is 1.63. The standard InChI is InChI=1S/C25H21Cl2NO4/c1-2-32-19-11-8-16(9-12-19)23(29)14-25(31)20-5-3-4-6-22(20)28(24(25)30)15-17-7-10-18(26)13-21(17)27/h3-13,31H,2,14-15H2,1H3. The molecule has 0 aromatic heterocycles. The summed E-state index contributed by atoms with van der Waals surface area (Å²) >= 11 is 12.3. The second-order valence-corrected chi connectivity index (χ2v) is 8.41. The molecule has 1 aliphatic heterocycles. The highest BCUT2D eigenvalue weighted by Crippen LogP contribution is 2.44. The fourth-order valence-corrected chi connectivity index (χ4v) is 4.36. The topological polar surface area (TPSA) is 66.8 Å². The van der Waals surface area contributed by atoms with E-state index < -0.39 is 11.5 Å². The van der Waals surface area contributed by atoms with Crippen LogP contribution in [-0.2, 0) is 16.9 Å². The summed E-state index contributed by atoms with van der Waals surface area (Å²) < 4.78 is 5.40. The number of ether oxygens (including phenoxy) is 1. The van der Waals surface area contributed by atoms with Crippen LogP contribution in [0.1, 0.15) is 34.8 Å². The Labute approximate surface area is 196 Å². The zero-order valence-corrected chi connectivity index (χ0v) is 18.9. The summed E-state index contributed by atoms with van der Waals surface area (Å²) in [6.07, 6.45) is -0.373. The lowest BCUT2D eigenvalue weighted by Gasteiger charge is -2.23. The van der Waals surface area contributed by atoms with E-state index in [4.69, 9.17) is 27.9 Å². The number of halogens is 2. The van der Waals surface area contributed by atoms with Crippen molar-refractivity contribution in [2.75, 3.05) is 11.5 Å². The van der Waals surface area contributed by atoms with E-state index in [0.29, 0.717) is 44.8 Å². The SMILES string of the molecule is CCOc1ccc(C(=O)CC2(O)C(=O)N(Cc3ccc(Cl)cc3Cl)c3ccccc32)cc1. The molecule has 1 aliphatic rings. The predicted molar refractivity (Wildman–Crippen MR) is 125 cm³/mol. The minimum Gasteiger partial charge on any atom is -0.494 e. The molecular formula is C25H21Cl2NO4. The summed E-state index contributed by atoms with van der Waals surface area (Å²) in [5, 5.41) is 12.4. The monoisotopic (exact) mass is 469 g/mol. The number of carbonyl (C=O) groups is 2. The fraction of sp³-hybridized carbons (Fsp3) is 0.200. The molecule has 4 rings (SSSR count). The molecule has 0 saturated heterocycles. The van der Waals surface area contributed by atoms with Gasteiger partial charge in [0.2, 0.25) is 0 Å². The van der Waals surface area contributed by atoms with Gasteiger partial charge in [0.25, 0.3) is 5.91 Å². The highest BCUT2D eigenvalue weighted by Gasteiger charge is 2.50. The Morgan fingerprint density at radius 3 is 2.47 bits per heavy atom. The maximum Gasteiger partial charge on any atom is 0.264 e. The molecule has 1 unspecified atom stereocenters. The minimum atomic E-state index is -1.97. The second kappa shape index (κ2) is 8.94. The lowest BCUT2D eigenvalue weighted by atomic mass is 9.88. The maximum atomic E-state index is 13.4. The Hall–Kier alpha value is -2.86. The number of carbonyl (C=O) groups excluding carboxylic acids is 2. The smallest absolute Gasteiger partial charge is 0.264 e. The molecule has 0 spiro atoms. The lowest BCUT2D eigenvalue weighted by Crippen LogP contribution is -2.41. The quantitative estimate of drug-likeness (QED) is 0.470. The van der Waals surface area contributed by atoms with Gasteiger partial charge in [0.15, 0.2) is 11.4 Å². The van der Waals surface area contributed by atoms with Crippen LogP contribution in [0.15, 0.2) is 66.7 Å². The van der Waals surface area contributed by atoms with E-state index in [9.17, 15) is 14.7 Å². The molecule has 0 aliphatic carbocycles. The first-order valence-electron chi connectivity index (χ1n) is 10.2. The zero-order chi connectivity index (χ0) is 22.9. The highest BCUT2D eigenvalue weighted by atomic mass is 35.5. The third-order valence-electron chi connectivity index (χ3n) is 5.49. The van der Waals surface area contributed by atoms with Gasteiger partial charge < -0.3 is 14.7 Å². The Kier molecular flexibility index (Phi) is 6.24. The molecular weight excluding hydrogens is 449 g/mol. The summed E-state index contributed by atoms with van der Waals surface area (Å²) in [7, 11) is 0. The third kappa shape index (κ3) is 4.11. The molecule has 1 N–H and O–H groups in total. The van der Waals surface area contributed by atoms with E-state index in [1.165, 1.54) is 4.90 Å². The normalized spacial score (nSPS) is 17.4. The fourth-order valence-electron chi connectivity index (χ4n) is 3.89. The number of benzene rings is 3. The van der Waals surface area contributed by atoms with Crippen molar-refractivity contribution in [2.45, 2.75) is 25.5 Å². The van der Waals surface area contributed by atoms with Crippen LogP contribution in [0.3, 0.4) is 0 Å². The number of rotatable bonds is 7. The largest absolute Gasteiger partial charge is 0.494 e. The first-order chi connectivity index (χ1) is 15.3. The van der Waals surface area contributed by atoms with E-state index in [0.717, 1.165) is 0 Å². The van der Waals surface area contributed by atoms with Crippen molar-refractivity contribution in [3.05, 3.63) is 93.5 Å². The van der Waals surface area contributed by atoms with E-state index in [1.807, 2.05) is 6.92 Å². The molecule has 0 radical (unpaired) electrons. The maximum absolute atomic E-state index is 13.4. The molecule has 1 heterocycles. The second-order valence-electron chi connectivity index (χ2n) is 7.56. The van der Waals surface area contributed by atoms with Crippen molar-refractivity contribution in [1.82, 2.24) is 0 Å². The van der Waals surface area contributed by atoms with Crippen LogP contribution in [-0.4, -0.2) is 23.4 Å².